The van der Waals surface area contributed by atoms with Crippen LogP contribution in [0.2, 0.25) is 0 Å². The lowest BCUT2D eigenvalue weighted by Crippen LogP contribution is -2.33. The molecule has 3 heterocycles. The molecule has 0 radical (unpaired) electrons. The number of aryl methyl sites for hydroxylation is 1. The van der Waals surface area contributed by atoms with E-state index >= 15 is 0 Å². The topological polar surface area (TPSA) is 93.1 Å². The second-order valence-electron chi connectivity index (χ2n) is 7.64. The van der Waals surface area contributed by atoms with Crippen LogP contribution in [0.15, 0.2) is 53.8 Å². The maximum Gasteiger partial charge on any atom is 0.242 e. The Bertz CT molecular complexity index is 1220. The number of hydrogen-bond acceptors (Lipinski definition) is 6. The Hall–Kier alpha value is -3.13. The molecule has 0 bridgehead atoms. The fraction of sp³-hybridized carbons (Fsp3) is 0.238. The number of pyridine rings is 1. The van der Waals surface area contributed by atoms with Crippen molar-refractivity contribution < 1.29 is 13.2 Å². The maximum atomic E-state index is 13.2. The number of sulfone groups is 1. The second-order valence-corrected chi connectivity index (χ2v) is 9.66. The highest BCUT2D eigenvalue weighted by Crippen LogP contribution is 2.46. The number of benzene rings is 1. The van der Waals surface area contributed by atoms with Gasteiger partial charge in [-0.3, -0.25) is 9.69 Å². The Morgan fingerprint density at radius 3 is 2.21 bits per heavy atom. The van der Waals surface area contributed by atoms with Gasteiger partial charge in [0.1, 0.15) is 11.6 Å². The monoisotopic (exact) mass is 408 g/mol. The zero-order valence-corrected chi connectivity index (χ0v) is 17.4. The molecular weight excluding hydrogens is 388 g/mol. The first kappa shape index (κ1) is 19.2. The van der Waals surface area contributed by atoms with Gasteiger partial charge in [0, 0.05) is 30.4 Å². The van der Waals surface area contributed by atoms with E-state index in [0.29, 0.717) is 11.6 Å². The molecule has 148 valence electrons. The lowest BCUT2D eigenvalue weighted by Gasteiger charge is -2.19. The number of anilines is 2. The Labute approximate surface area is 169 Å². The molecule has 0 atom stereocenters. The summed E-state index contributed by atoms with van der Waals surface area (Å²) in [6.07, 6.45) is 5.89. The highest BCUT2D eigenvalue weighted by atomic mass is 32.2. The normalized spacial score (nSPS) is 15.4. The minimum absolute atomic E-state index is 0.109. The van der Waals surface area contributed by atoms with Crippen molar-refractivity contribution in [2.45, 2.75) is 31.1 Å². The van der Waals surface area contributed by atoms with E-state index in [1.807, 2.05) is 39.0 Å². The molecule has 1 amide bonds. The summed E-state index contributed by atoms with van der Waals surface area (Å²) >= 11 is 0. The van der Waals surface area contributed by atoms with E-state index in [2.05, 4.69) is 15.0 Å². The molecule has 0 unspecified atom stereocenters. The van der Waals surface area contributed by atoms with E-state index in [1.54, 1.807) is 23.4 Å². The van der Waals surface area contributed by atoms with Gasteiger partial charge in [-0.05, 0) is 50.1 Å². The molecule has 0 spiro atoms. The molecule has 0 aliphatic carbocycles. The van der Waals surface area contributed by atoms with Gasteiger partial charge in [-0.15, -0.1) is 0 Å². The molecule has 4 rings (SSSR count). The molecule has 7 nitrogen and oxygen atoms in total. The van der Waals surface area contributed by atoms with Gasteiger partial charge in [-0.25, -0.2) is 23.4 Å². The highest BCUT2D eigenvalue weighted by molar-refractivity contribution is 7.90. The number of amides is 1. The SMILES string of the molecule is Cc1ncc(-c2ccc3c(c2)N(c2ccc(S(C)(=O)=O)cn2)C(=O)C3(C)C)cn1. The first-order valence-corrected chi connectivity index (χ1v) is 10.9. The zero-order chi connectivity index (χ0) is 21.0. The molecular formula is C21H20N4O3S. The van der Waals surface area contributed by atoms with E-state index < -0.39 is 15.3 Å². The maximum absolute atomic E-state index is 13.2. The van der Waals surface area contributed by atoms with Crippen LogP contribution in [0.3, 0.4) is 0 Å². The van der Waals surface area contributed by atoms with E-state index in [9.17, 15) is 13.2 Å². The summed E-state index contributed by atoms with van der Waals surface area (Å²) in [6.45, 7) is 5.56. The molecule has 0 saturated carbocycles. The minimum Gasteiger partial charge on any atom is -0.273 e. The van der Waals surface area contributed by atoms with Crippen molar-refractivity contribution in [2.75, 3.05) is 11.2 Å². The quantitative estimate of drug-likeness (QED) is 0.661. The van der Waals surface area contributed by atoms with Crippen LogP contribution in [0.5, 0.6) is 0 Å². The third-order valence-electron chi connectivity index (χ3n) is 5.14. The zero-order valence-electron chi connectivity index (χ0n) is 16.5. The summed E-state index contributed by atoms with van der Waals surface area (Å²) in [6, 6.07) is 8.83. The third kappa shape index (κ3) is 3.19. The fourth-order valence-electron chi connectivity index (χ4n) is 3.42. The van der Waals surface area contributed by atoms with Crippen LogP contribution in [0.4, 0.5) is 11.5 Å². The molecule has 1 aromatic carbocycles. The Balaban J connectivity index is 1.84. The van der Waals surface area contributed by atoms with Crippen molar-refractivity contribution in [2.24, 2.45) is 0 Å². The smallest absolute Gasteiger partial charge is 0.242 e. The van der Waals surface area contributed by atoms with Crippen LogP contribution in [0, 0.1) is 6.92 Å². The Kier molecular flexibility index (Phi) is 4.27. The van der Waals surface area contributed by atoms with Crippen molar-refractivity contribution in [1.29, 1.82) is 0 Å². The van der Waals surface area contributed by atoms with Gasteiger partial charge >= 0.3 is 0 Å². The van der Waals surface area contributed by atoms with E-state index in [1.165, 1.54) is 12.3 Å². The predicted molar refractivity (Wildman–Crippen MR) is 110 cm³/mol. The summed E-state index contributed by atoms with van der Waals surface area (Å²) < 4.78 is 23.4. The number of hydrogen-bond donors (Lipinski definition) is 0. The van der Waals surface area contributed by atoms with E-state index in [0.717, 1.165) is 28.6 Å². The summed E-state index contributed by atoms with van der Waals surface area (Å²) in [5, 5.41) is 0. The summed E-state index contributed by atoms with van der Waals surface area (Å²) in [5.41, 5.74) is 2.60. The molecule has 1 aliphatic heterocycles. The lowest BCUT2D eigenvalue weighted by atomic mass is 9.85. The predicted octanol–water partition coefficient (Wildman–Crippen LogP) is 3.21. The summed E-state index contributed by atoms with van der Waals surface area (Å²) in [4.78, 5) is 27.6. The third-order valence-corrected chi connectivity index (χ3v) is 6.24. The van der Waals surface area contributed by atoms with Crippen molar-refractivity contribution in [3.63, 3.8) is 0 Å². The Morgan fingerprint density at radius 1 is 0.931 bits per heavy atom. The van der Waals surface area contributed by atoms with Gasteiger partial charge in [0.2, 0.25) is 5.91 Å². The number of carbonyl (C=O) groups excluding carboxylic acids is 1. The molecule has 2 aromatic heterocycles. The van der Waals surface area contributed by atoms with Crippen LogP contribution in [0.25, 0.3) is 11.1 Å². The molecule has 8 heteroatoms. The second kappa shape index (κ2) is 6.45. The van der Waals surface area contributed by atoms with Gasteiger partial charge in [0.05, 0.1) is 16.0 Å². The first-order chi connectivity index (χ1) is 13.6. The lowest BCUT2D eigenvalue weighted by molar-refractivity contribution is -0.121. The number of aromatic nitrogens is 3. The van der Waals surface area contributed by atoms with Crippen LogP contribution < -0.4 is 4.90 Å². The minimum atomic E-state index is -3.37. The standard InChI is InChI=1S/C21H20N4O3S/c1-13-22-10-15(11-23-13)14-5-7-17-18(9-14)25(20(26)21(17,2)3)19-8-6-16(12-24-19)29(4,27)28/h5-12H,1-4H3. The van der Waals surface area contributed by atoms with Crippen molar-refractivity contribution >= 4 is 27.2 Å². The van der Waals surface area contributed by atoms with Crippen molar-refractivity contribution in [3.05, 3.63) is 60.3 Å². The van der Waals surface area contributed by atoms with Crippen molar-refractivity contribution in [3.8, 4) is 11.1 Å². The molecule has 3 aromatic rings. The van der Waals surface area contributed by atoms with Gasteiger partial charge in [-0.1, -0.05) is 12.1 Å². The van der Waals surface area contributed by atoms with Gasteiger partial charge in [-0.2, -0.15) is 0 Å². The fourth-order valence-corrected chi connectivity index (χ4v) is 3.98. The Morgan fingerprint density at radius 2 is 1.62 bits per heavy atom. The molecule has 0 saturated heterocycles. The number of nitrogens with zero attached hydrogens (tertiary/aromatic N) is 4. The largest absolute Gasteiger partial charge is 0.273 e. The molecule has 1 aliphatic rings. The van der Waals surface area contributed by atoms with Crippen LogP contribution >= 0.6 is 0 Å². The van der Waals surface area contributed by atoms with Gasteiger partial charge in [0.15, 0.2) is 9.84 Å². The summed E-state index contributed by atoms with van der Waals surface area (Å²) in [7, 11) is -3.37. The number of rotatable bonds is 3. The number of fused-ring (bicyclic) bond motifs is 1. The van der Waals surface area contributed by atoms with Crippen molar-refractivity contribution in [1.82, 2.24) is 15.0 Å². The highest BCUT2D eigenvalue weighted by Gasteiger charge is 2.45. The first-order valence-electron chi connectivity index (χ1n) is 9.03. The molecule has 0 fully saturated rings. The van der Waals surface area contributed by atoms with E-state index in [-0.39, 0.29) is 10.8 Å². The van der Waals surface area contributed by atoms with Crippen LogP contribution in [-0.4, -0.2) is 35.5 Å². The molecule has 29 heavy (non-hydrogen) atoms. The number of carbonyl (C=O) groups is 1. The summed E-state index contributed by atoms with van der Waals surface area (Å²) in [5.74, 6) is 0.943. The molecule has 0 N–H and O–H groups in total. The van der Waals surface area contributed by atoms with E-state index in [4.69, 9.17) is 0 Å². The van der Waals surface area contributed by atoms with Gasteiger partial charge < -0.3 is 0 Å². The average Bonchev–Trinajstić information content (AvgIpc) is 2.87. The average molecular weight is 408 g/mol. The van der Waals surface area contributed by atoms with Gasteiger partial charge in [0.25, 0.3) is 0 Å². The van der Waals surface area contributed by atoms with Crippen LogP contribution in [-0.2, 0) is 20.0 Å². The van der Waals surface area contributed by atoms with Crippen LogP contribution in [0.1, 0.15) is 25.2 Å².